The molecule has 0 aromatic rings. The Bertz CT molecular complexity index is 145. The van der Waals surface area contributed by atoms with Crippen LogP contribution in [-0.4, -0.2) is 17.7 Å². The van der Waals surface area contributed by atoms with Gasteiger partial charge in [-0.2, -0.15) is 8.60 Å². The Hall–Kier alpha value is 0.970. The van der Waals surface area contributed by atoms with Crippen LogP contribution in [0.4, 0.5) is 0 Å². The van der Waals surface area contributed by atoms with Crippen molar-refractivity contribution in [3.8, 4) is 0 Å². The summed E-state index contributed by atoms with van der Waals surface area (Å²) in [6, 6.07) is 0. The molecular weight excluding hydrogens is 206 g/mol. The Morgan fingerprint density at radius 2 is 2.15 bits per heavy atom. The fourth-order valence-corrected chi connectivity index (χ4v) is 0.913. The summed E-state index contributed by atoms with van der Waals surface area (Å²) in [6.45, 7) is 4.89. The molecule has 5 nitrogen and oxygen atoms in total. The van der Waals surface area contributed by atoms with E-state index in [-0.39, 0.29) is 42.6 Å². The van der Waals surface area contributed by atoms with Crippen molar-refractivity contribution in [2.24, 2.45) is 0 Å². The smallest absolute Gasteiger partial charge is 0.820 e. The van der Waals surface area contributed by atoms with Crippen LogP contribution in [0.5, 0.6) is 0 Å². The van der Waals surface area contributed by atoms with Gasteiger partial charge in [-0.05, 0) is 0 Å². The van der Waals surface area contributed by atoms with E-state index in [9.17, 15) is 14.9 Å². The number of ether oxygens (including phenoxy) is 1. The summed E-state index contributed by atoms with van der Waals surface area (Å²) in [4.78, 5) is 20.2. The van der Waals surface area contributed by atoms with Gasteiger partial charge in [0, 0.05) is 6.42 Å². The summed E-state index contributed by atoms with van der Waals surface area (Å²) in [5.74, 6) is -2.05. The maximum atomic E-state index is 10.1. The molecular formula is C6H11NaO5P-. The molecule has 0 bridgehead atoms. The first-order chi connectivity index (χ1) is 5.54. The molecule has 1 N–H and O–H groups in total. The van der Waals surface area contributed by atoms with Gasteiger partial charge in [0.25, 0.3) is 5.97 Å². The van der Waals surface area contributed by atoms with Crippen LogP contribution in [0.2, 0.25) is 0 Å². The maximum Gasteiger partial charge on any atom is 1.00 e. The quantitative estimate of drug-likeness (QED) is 0.213. The molecule has 0 aliphatic rings. The summed E-state index contributed by atoms with van der Waals surface area (Å²) in [5, 5.41) is 9.25. The van der Waals surface area contributed by atoms with Gasteiger partial charge >= 0.3 is 29.6 Å². The van der Waals surface area contributed by atoms with Crippen LogP contribution in [0.25, 0.3) is 0 Å². The van der Waals surface area contributed by atoms with E-state index in [0.717, 1.165) is 0 Å². The van der Waals surface area contributed by atoms with Crippen molar-refractivity contribution in [1.82, 2.24) is 0 Å². The Kier molecular flexibility index (Phi) is 10.5. The summed E-state index contributed by atoms with van der Waals surface area (Å²) in [6.07, 6.45) is 1.39. The SMILES string of the molecule is C=CCOC(O)(CC)OP([O-])[O-].[Na+]. The van der Waals surface area contributed by atoms with Crippen molar-refractivity contribution in [2.45, 2.75) is 19.3 Å². The van der Waals surface area contributed by atoms with Crippen LogP contribution in [0.15, 0.2) is 12.7 Å². The molecule has 0 amide bonds. The predicted octanol–water partition coefficient (Wildman–Crippen LogP) is -3.79. The van der Waals surface area contributed by atoms with E-state index in [1.165, 1.54) is 13.0 Å². The number of hydrogen-bond donors (Lipinski definition) is 1. The van der Waals surface area contributed by atoms with Crippen molar-refractivity contribution in [1.29, 1.82) is 0 Å². The monoisotopic (exact) mass is 217 g/mol. The molecule has 0 aromatic carbocycles. The summed E-state index contributed by atoms with van der Waals surface area (Å²) in [5.41, 5.74) is 0. The zero-order valence-electron chi connectivity index (χ0n) is 7.73. The maximum absolute atomic E-state index is 10.1. The van der Waals surface area contributed by atoms with Gasteiger partial charge in [-0.25, -0.2) is 0 Å². The van der Waals surface area contributed by atoms with Crippen molar-refractivity contribution < 1.29 is 53.7 Å². The van der Waals surface area contributed by atoms with E-state index in [2.05, 4.69) is 15.8 Å². The van der Waals surface area contributed by atoms with Crippen molar-refractivity contribution in [3.63, 3.8) is 0 Å². The van der Waals surface area contributed by atoms with E-state index < -0.39 is 14.6 Å². The molecule has 0 spiro atoms. The van der Waals surface area contributed by atoms with E-state index in [1.807, 2.05) is 0 Å². The van der Waals surface area contributed by atoms with Gasteiger partial charge in [-0.3, -0.25) is 0 Å². The molecule has 72 valence electrons. The minimum absolute atomic E-state index is 0. The van der Waals surface area contributed by atoms with E-state index in [1.54, 1.807) is 0 Å². The third-order valence-corrected chi connectivity index (χ3v) is 1.53. The zero-order chi connectivity index (χ0) is 9.61. The fourth-order valence-electron chi connectivity index (χ4n) is 0.499. The number of aliphatic hydroxyl groups is 1. The van der Waals surface area contributed by atoms with Gasteiger partial charge in [0.1, 0.15) is 0 Å². The summed E-state index contributed by atoms with van der Waals surface area (Å²) < 4.78 is 8.80. The number of hydrogen-bond acceptors (Lipinski definition) is 5. The van der Waals surface area contributed by atoms with Crippen LogP contribution in [0, 0.1) is 0 Å². The number of rotatable bonds is 6. The van der Waals surface area contributed by atoms with Crippen LogP contribution in [0.3, 0.4) is 0 Å². The second kappa shape index (κ2) is 8.29. The third kappa shape index (κ3) is 8.00. The molecule has 0 heterocycles. The van der Waals surface area contributed by atoms with Gasteiger partial charge in [0.15, 0.2) is 0 Å². The molecule has 0 aromatic heterocycles. The Labute approximate surface area is 101 Å². The van der Waals surface area contributed by atoms with E-state index in [0.29, 0.717) is 0 Å². The molecule has 0 aliphatic carbocycles. The Balaban J connectivity index is 0. The topological polar surface area (TPSA) is 84.8 Å². The van der Waals surface area contributed by atoms with Crippen LogP contribution >= 0.6 is 8.60 Å². The average Bonchev–Trinajstić information content (AvgIpc) is 2.00. The minimum Gasteiger partial charge on any atom is -0.820 e. The molecule has 0 fully saturated rings. The second-order valence-electron chi connectivity index (χ2n) is 1.98. The van der Waals surface area contributed by atoms with Crippen molar-refractivity contribution in [3.05, 3.63) is 12.7 Å². The first-order valence-electron chi connectivity index (χ1n) is 3.35. The molecule has 0 saturated carbocycles. The molecule has 1 unspecified atom stereocenters. The minimum atomic E-state index is -3.12. The molecule has 13 heavy (non-hydrogen) atoms. The first kappa shape index (κ1) is 16.4. The summed E-state index contributed by atoms with van der Waals surface area (Å²) in [7, 11) is -3.12. The van der Waals surface area contributed by atoms with Crippen LogP contribution < -0.4 is 39.3 Å². The Morgan fingerprint density at radius 1 is 1.62 bits per heavy atom. The second-order valence-corrected chi connectivity index (χ2v) is 2.61. The molecule has 0 aliphatic heterocycles. The fraction of sp³-hybridized carbons (Fsp3) is 0.667. The largest absolute Gasteiger partial charge is 1.00 e. The van der Waals surface area contributed by atoms with E-state index in [4.69, 9.17) is 0 Å². The first-order valence-corrected chi connectivity index (χ1v) is 4.44. The van der Waals surface area contributed by atoms with Crippen molar-refractivity contribution >= 4 is 8.60 Å². The Morgan fingerprint density at radius 3 is 2.46 bits per heavy atom. The van der Waals surface area contributed by atoms with Gasteiger partial charge in [-0.1, -0.05) is 13.0 Å². The molecule has 0 radical (unpaired) electrons. The summed E-state index contributed by atoms with van der Waals surface area (Å²) >= 11 is 0. The van der Waals surface area contributed by atoms with Crippen molar-refractivity contribution in [2.75, 3.05) is 6.61 Å². The van der Waals surface area contributed by atoms with E-state index >= 15 is 0 Å². The van der Waals surface area contributed by atoms with Crippen LogP contribution in [0.1, 0.15) is 13.3 Å². The van der Waals surface area contributed by atoms with Gasteiger partial charge in [-0.15, -0.1) is 6.58 Å². The zero-order valence-corrected chi connectivity index (χ0v) is 10.6. The van der Waals surface area contributed by atoms with Gasteiger partial charge in [0.2, 0.25) is 0 Å². The molecule has 7 heteroatoms. The van der Waals surface area contributed by atoms with Crippen LogP contribution in [-0.2, 0) is 9.26 Å². The van der Waals surface area contributed by atoms with Gasteiger partial charge < -0.3 is 24.2 Å². The normalized spacial score (nSPS) is 14.8. The third-order valence-electron chi connectivity index (χ3n) is 1.09. The molecule has 0 rings (SSSR count). The molecule has 1 atom stereocenters. The van der Waals surface area contributed by atoms with Gasteiger partial charge in [0.05, 0.1) is 6.61 Å². The average molecular weight is 217 g/mol. The standard InChI is InChI=1S/C6H11O5P.Na/c1-3-5-10-6(7,4-2)11-12(8)9;/h3,7H,1,4-5H2,2H3;/q-2;+1. The molecule has 0 saturated heterocycles. The predicted molar refractivity (Wildman–Crippen MR) is 39.4 cm³/mol.